The second-order valence-electron chi connectivity index (χ2n) is 2.79. The van der Waals surface area contributed by atoms with Gasteiger partial charge in [-0.2, -0.15) is 5.26 Å². The SMILES string of the molecule is Cn1cc(F)c2cc(C#N)cnc21. The highest BCUT2D eigenvalue weighted by atomic mass is 19.1. The summed E-state index contributed by atoms with van der Waals surface area (Å²) in [6, 6.07) is 3.41. The first-order chi connectivity index (χ1) is 6.22. The Bertz CT molecular complexity index is 507. The molecule has 0 radical (unpaired) electrons. The predicted molar refractivity (Wildman–Crippen MR) is 45.4 cm³/mol. The van der Waals surface area contributed by atoms with Crippen LogP contribution in [0, 0.1) is 17.1 Å². The minimum absolute atomic E-state index is 0.345. The first-order valence-corrected chi connectivity index (χ1v) is 3.73. The van der Waals surface area contributed by atoms with Gasteiger partial charge in [-0.25, -0.2) is 9.37 Å². The molecule has 0 unspecified atom stereocenters. The zero-order valence-electron chi connectivity index (χ0n) is 6.95. The number of halogens is 1. The fourth-order valence-corrected chi connectivity index (χ4v) is 1.28. The van der Waals surface area contributed by atoms with Gasteiger partial charge in [0, 0.05) is 19.4 Å². The normalized spacial score (nSPS) is 10.2. The molecule has 0 N–H and O–H groups in total. The maximum Gasteiger partial charge on any atom is 0.150 e. The zero-order chi connectivity index (χ0) is 9.42. The van der Waals surface area contributed by atoms with Crippen molar-refractivity contribution >= 4 is 11.0 Å². The molecule has 0 bridgehead atoms. The molecule has 2 aromatic heterocycles. The second-order valence-corrected chi connectivity index (χ2v) is 2.79. The van der Waals surface area contributed by atoms with Crippen molar-refractivity contribution in [1.82, 2.24) is 9.55 Å². The van der Waals surface area contributed by atoms with E-state index in [0.29, 0.717) is 16.6 Å². The smallest absolute Gasteiger partial charge is 0.150 e. The van der Waals surface area contributed by atoms with E-state index in [1.165, 1.54) is 18.5 Å². The third-order valence-corrected chi connectivity index (χ3v) is 1.89. The van der Waals surface area contributed by atoms with Gasteiger partial charge in [0.2, 0.25) is 0 Å². The minimum atomic E-state index is -0.345. The number of aryl methyl sites for hydroxylation is 1. The van der Waals surface area contributed by atoms with Crippen LogP contribution in [0.3, 0.4) is 0 Å². The number of hydrogen-bond donors (Lipinski definition) is 0. The molecule has 0 amide bonds. The molecule has 0 saturated carbocycles. The first kappa shape index (κ1) is 7.74. The second kappa shape index (κ2) is 2.56. The molecular weight excluding hydrogens is 169 g/mol. The molecule has 13 heavy (non-hydrogen) atoms. The number of fused-ring (bicyclic) bond motifs is 1. The molecule has 2 heterocycles. The molecule has 0 saturated heterocycles. The quantitative estimate of drug-likeness (QED) is 0.610. The number of nitriles is 1. The van der Waals surface area contributed by atoms with Crippen LogP contribution in [0.15, 0.2) is 18.5 Å². The number of aromatic nitrogens is 2. The van der Waals surface area contributed by atoms with Gasteiger partial charge in [-0.3, -0.25) is 0 Å². The summed E-state index contributed by atoms with van der Waals surface area (Å²) < 4.78 is 14.7. The molecule has 0 aliphatic rings. The maximum atomic E-state index is 13.2. The number of nitrogens with zero attached hydrogens (tertiary/aromatic N) is 3. The van der Waals surface area contributed by atoms with E-state index in [1.807, 2.05) is 6.07 Å². The van der Waals surface area contributed by atoms with Gasteiger partial charge in [-0.05, 0) is 6.07 Å². The minimum Gasteiger partial charge on any atom is -0.333 e. The average molecular weight is 175 g/mol. The molecule has 0 spiro atoms. The Morgan fingerprint density at radius 3 is 3.08 bits per heavy atom. The molecule has 2 rings (SSSR count). The van der Waals surface area contributed by atoms with E-state index in [0.717, 1.165) is 0 Å². The van der Waals surface area contributed by atoms with E-state index in [1.54, 1.807) is 11.6 Å². The molecule has 0 aliphatic carbocycles. The molecule has 2 aromatic rings. The Hall–Kier alpha value is -1.89. The first-order valence-electron chi connectivity index (χ1n) is 3.73. The van der Waals surface area contributed by atoms with Gasteiger partial charge in [0.05, 0.1) is 10.9 Å². The summed E-state index contributed by atoms with van der Waals surface area (Å²) in [5, 5.41) is 8.97. The molecular formula is C9H6FN3. The van der Waals surface area contributed by atoms with Gasteiger partial charge in [-0.15, -0.1) is 0 Å². The molecule has 0 aromatic carbocycles. The van der Waals surface area contributed by atoms with E-state index < -0.39 is 0 Å². The fraction of sp³-hybridized carbons (Fsp3) is 0.111. The molecule has 0 atom stereocenters. The molecule has 3 nitrogen and oxygen atoms in total. The lowest BCUT2D eigenvalue weighted by atomic mass is 10.2. The highest BCUT2D eigenvalue weighted by Crippen LogP contribution is 2.17. The Morgan fingerprint density at radius 1 is 1.62 bits per heavy atom. The fourth-order valence-electron chi connectivity index (χ4n) is 1.28. The molecule has 4 heteroatoms. The van der Waals surface area contributed by atoms with Crippen LogP contribution in [0.2, 0.25) is 0 Å². The lowest BCUT2D eigenvalue weighted by Crippen LogP contribution is -1.87. The topological polar surface area (TPSA) is 41.6 Å². The Balaban J connectivity index is 2.86. The number of pyridine rings is 1. The summed E-state index contributed by atoms with van der Waals surface area (Å²) in [6.45, 7) is 0. The predicted octanol–water partition coefficient (Wildman–Crippen LogP) is 1.58. The summed E-state index contributed by atoms with van der Waals surface area (Å²) >= 11 is 0. The van der Waals surface area contributed by atoms with Crippen molar-refractivity contribution in [2.45, 2.75) is 0 Å². The number of hydrogen-bond acceptors (Lipinski definition) is 2. The number of rotatable bonds is 0. The van der Waals surface area contributed by atoms with E-state index >= 15 is 0 Å². The summed E-state index contributed by atoms with van der Waals surface area (Å²) in [5.74, 6) is -0.345. The van der Waals surface area contributed by atoms with Crippen molar-refractivity contribution in [3.63, 3.8) is 0 Å². The van der Waals surface area contributed by atoms with Crippen molar-refractivity contribution in [3.05, 3.63) is 29.8 Å². The third-order valence-electron chi connectivity index (χ3n) is 1.89. The molecule has 0 fully saturated rings. The third kappa shape index (κ3) is 1.05. The standard InChI is InChI=1S/C9H6FN3/c1-13-5-8(10)7-2-6(3-11)4-12-9(7)13/h2,4-5H,1H3. The maximum absolute atomic E-state index is 13.2. The summed E-state index contributed by atoms with van der Waals surface area (Å²) in [4.78, 5) is 3.97. The van der Waals surface area contributed by atoms with Gasteiger partial charge in [0.15, 0.2) is 0 Å². The van der Waals surface area contributed by atoms with Crippen molar-refractivity contribution < 1.29 is 4.39 Å². The lowest BCUT2D eigenvalue weighted by Gasteiger charge is -1.93. The Labute approximate surface area is 74.0 Å². The van der Waals surface area contributed by atoms with E-state index in [4.69, 9.17) is 5.26 Å². The van der Waals surface area contributed by atoms with E-state index in [9.17, 15) is 4.39 Å². The van der Waals surface area contributed by atoms with Gasteiger partial charge in [0.1, 0.15) is 17.5 Å². The van der Waals surface area contributed by atoms with Crippen LogP contribution in [0.25, 0.3) is 11.0 Å². The van der Waals surface area contributed by atoms with Gasteiger partial charge >= 0.3 is 0 Å². The van der Waals surface area contributed by atoms with Crippen LogP contribution in [0.5, 0.6) is 0 Å². The largest absolute Gasteiger partial charge is 0.333 e. The summed E-state index contributed by atoms with van der Waals surface area (Å²) in [6.07, 6.45) is 2.78. The van der Waals surface area contributed by atoms with Crippen molar-refractivity contribution in [1.29, 1.82) is 5.26 Å². The van der Waals surface area contributed by atoms with Gasteiger partial charge in [-0.1, -0.05) is 0 Å². The van der Waals surface area contributed by atoms with E-state index in [-0.39, 0.29) is 5.82 Å². The highest BCUT2D eigenvalue weighted by Gasteiger charge is 2.07. The van der Waals surface area contributed by atoms with Crippen LogP contribution in [-0.4, -0.2) is 9.55 Å². The highest BCUT2D eigenvalue weighted by molar-refractivity contribution is 5.78. The van der Waals surface area contributed by atoms with Crippen LogP contribution in [0.1, 0.15) is 5.56 Å². The van der Waals surface area contributed by atoms with Crippen LogP contribution < -0.4 is 0 Å². The lowest BCUT2D eigenvalue weighted by molar-refractivity contribution is 0.633. The van der Waals surface area contributed by atoms with Crippen LogP contribution >= 0.6 is 0 Å². The van der Waals surface area contributed by atoms with Crippen molar-refractivity contribution in [2.24, 2.45) is 7.05 Å². The van der Waals surface area contributed by atoms with Crippen LogP contribution in [0.4, 0.5) is 4.39 Å². The summed E-state index contributed by atoms with van der Waals surface area (Å²) in [7, 11) is 1.71. The van der Waals surface area contributed by atoms with Gasteiger partial charge < -0.3 is 4.57 Å². The van der Waals surface area contributed by atoms with Crippen LogP contribution in [-0.2, 0) is 7.05 Å². The zero-order valence-corrected chi connectivity index (χ0v) is 6.95. The van der Waals surface area contributed by atoms with Crippen molar-refractivity contribution in [3.8, 4) is 6.07 Å². The Kier molecular flexibility index (Phi) is 1.52. The Morgan fingerprint density at radius 2 is 2.38 bits per heavy atom. The average Bonchev–Trinajstić information content (AvgIpc) is 2.42. The van der Waals surface area contributed by atoms with Crippen molar-refractivity contribution in [2.75, 3.05) is 0 Å². The van der Waals surface area contributed by atoms with Gasteiger partial charge in [0.25, 0.3) is 0 Å². The summed E-state index contributed by atoms with van der Waals surface area (Å²) in [5.41, 5.74) is 0.925. The van der Waals surface area contributed by atoms with E-state index in [2.05, 4.69) is 4.98 Å². The monoisotopic (exact) mass is 175 g/mol. The molecule has 64 valence electrons. The molecule has 0 aliphatic heterocycles.